The molecule has 0 saturated heterocycles. The van der Waals surface area contributed by atoms with Gasteiger partial charge in [-0.3, -0.25) is 0 Å². The van der Waals surface area contributed by atoms with Crippen molar-refractivity contribution >= 4 is 10.9 Å². The van der Waals surface area contributed by atoms with Gasteiger partial charge in [0.05, 0.1) is 11.1 Å². The number of fused-ring (bicyclic) bond motifs is 1. The van der Waals surface area contributed by atoms with Gasteiger partial charge in [0.2, 0.25) is 0 Å². The zero-order chi connectivity index (χ0) is 14.8. The smallest absolute Gasteiger partial charge is 0.150 e. The van der Waals surface area contributed by atoms with Crippen LogP contribution in [0.25, 0.3) is 22.0 Å². The second-order valence-corrected chi connectivity index (χ2v) is 4.77. The van der Waals surface area contributed by atoms with E-state index < -0.39 is 0 Å². The summed E-state index contributed by atoms with van der Waals surface area (Å²) in [4.78, 5) is 4.43. The van der Waals surface area contributed by atoms with Gasteiger partial charge in [-0.1, -0.05) is 42.5 Å². The second kappa shape index (κ2) is 5.07. The van der Waals surface area contributed by atoms with Crippen molar-refractivity contribution in [3.05, 3.63) is 65.4 Å². The highest BCUT2D eigenvalue weighted by atomic mass is 14.7. The first kappa shape index (κ1) is 12.8. The van der Waals surface area contributed by atoms with E-state index in [2.05, 4.69) is 17.1 Å². The Morgan fingerprint density at radius 1 is 0.905 bits per heavy atom. The number of aryl methyl sites for hydroxylation is 1. The number of hydrogen-bond acceptors (Lipinski definition) is 3. The fraction of sp³-hybridized carbons (Fsp3) is 0.0556. The van der Waals surface area contributed by atoms with Crippen LogP contribution >= 0.6 is 0 Å². The first-order chi connectivity index (χ1) is 10.3. The summed E-state index contributed by atoms with van der Waals surface area (Å²) in [7, 11) is 0. The molecule has 1 aromatic heterocycles. The van der Waals surface area contributed by atoms with Crippen LogP contribution in [0.3, 0.4) is 0 Å². The predicted molar refractivity (Wildman–Crippen MR) is 81.3 cm³/mol. The van der Waals surface area contributed by atoms with Gasteiger partial charge in [-0.2, -0.15) is 10.5 Å². The van der Waals surface area contributed by atoms with Crippen molar-refractivity contribution in [2.24, 2.45) is 0 Å². The van der Waals surface area contributed by atoms with Gasteiger partial charge in [0.25, 0.3) is 0 Å². The summed E-state index contributed by atoms with van der Waals surface area (Å²) in [5.74, 6) is 0. The average molecular weight is 269 g/mol. The Balaban J connectivity index is 2.52. The number of aromatic nitrogens is 1. The summed E-state index contributed by atoms with van der Waals surface area (Å²) in [6, 6.07) is 19.5. The fourth-order valence-corrected chi connectivity index (χ4v) is 2.57. The Morgan fingerprint density at radius 3 is 2.33 bits per heavy atom. The third-order valence-corrected chi connectivity index (χ3v) is 3.50. The second-order valence-electron chi connectivity index (χ2n) is 4.77. The maximum absolute atomic E-state index is 9.63. The van der Waals surface area contributed by atoms with Crippen molar-refractivity contribution in [2.75, 3.05) is 0 Å². The van der Waals surface area contributed by atoms with Crippen molar-refractivity contribution in [1.29, 1.82) is 10.5 Å². The van der Waals surface area contributed by atoms with E-state index in [9.17, 15) is 10.5 Å². The normalized spacial score (nSPS) is 10.0. The maximum atomic E-state index is 9.63. The molecule has 3 rings (SSSR count). The first-order valence-electron chi connectivity index (χ1n) is 6.55. The van der Waals surface area contributed by atoms with Crippen LogP contribution in [0.1, 0.15) is 16.8 Å². The lowest BCUT2D eigenvalue weighted by Gasteiger charge is -2.11. The molecule has 0 N–H and O–H groups in total. The van der Waals surface area contributed by atoms with E-state index in [4.69, 9.17) is 0 Å². The Bertz CT molecular complexity index is 913. The standard InChI is InChI=1S/C18H11N3/c1-12-6-5-9-15-17(12)14(10-19)18(16(11-20)21-15)13-7-3-2-4-8-13/h2-9H,1H3. The van der Waals surface area contributed by atoms with Gasteiger partial charge in [0.15, 0.2) is 0 Å². The highest BCUT2D eigenvalue weighted by Crippen LogP contribution is 2.32. The molecule has 3 aromatic rings. The number of pyridine rings is 1. The van der Waals surface area contributed by atoms with Gasteiger partial charge >= 0.3 is 0 Å². The van der Waals surface area contributed by atoms with Crippen LogP contribution in [0.2, 0.25) is 0 Å². The van der Waals surface area contributed by atoms with Crippen molar-refractivity contribution in [3.63, 3.8) is 0 Å². The van der Waals surface area contributed by atoms with E-state index in [1.165, 1.54) is 0 Å². The summed E-state index contributed by atoms with van der Waals surface area (Å²) < 4.78 is 0. The molecule has 0 spiro atoms. The minimum absolute atomic E-state index is 0.288. The minimum Gasteiger partial charge on any atom is -0.236 e. The van der Waals surface area contributed by atoms with E-state index in [0.717, 1.165) is 16.5 Å². The van der Waals surface area contributed by atoms with Crippen LogP contribution < -0.4 is 0 Å². The van der Waals surface area contributed by atoms with Crippen molar-refractivity contribution in [1.82, 2.24) is 4.98 Å². The quantitative estimate of drug-likeness (QED) is 0.672. The third-order valence-electron chi connectivity index (χ3n) is 3.50. The summed E-state index contributed by atoms with van der Waals surface area (Å²) in [6.45, 7) is 1.95. The van der Waals surface area contributed by atoms with Crippen molar-refractivity contribution in [2.45, 2.75) is 6.92 Å². The number of nitriles is 2. The molecule has 3 heteroatoms. The summed E-state index contributed by atoms with van der Waals surface area (Å²) >= 11 is 0. The molecular weight excluding hydrogens is 258 g/mol. The predicted octanol–water partition coefficient (Wildman–Crippen LogP) is 3.95. The van der Waals surface area contributed by atoms with Crippen molar-refractivity contribution in [3.8, 4) is 23.3 Å². The summed E-state index contributed by atoms with van der Waals surface area (Å²) in [5.41, 5.74) is 3.92. The van der Waals surface area contributed by atoms with Gasteiger partial charge in [-0.05, 0) is 24.1 Å². The maximum Gasteiger partial charge on any atom is 0.150 e. The number of hydrogen-bond donors (Lipinski definition) is 0. The molecule has 0 saturated carbocycles. The Morgan fingerprint density at radius 2 is 1.67 bits per heavy atom. The Labute approximate surface area is 122 Å². The molecule has 0 aliphatic carbocycles. The van der Waals surface area contributed by atoms with Crippen LogP contribution in [-0.2, 0) is 0 Å². The van der Waals surface area contributed by atoms with Crippen LogP contribution in [0.15, 0.2) is 48.5 Å². The van der Waals surface area contributed by atoms with Crippen LogP contribution in [-0.4, -0.2) is 4.98 Å². The molecule has 98 valence electrons. The van der Waals surface area contributed by atoms with E-state index in [0.29, 0.717) is 16.6 Å². The lowest BCUT2D eigenvalue weighted by atomic mass is 9.93. The largest absolute Gasteiger partial charge is 0.236 e. The molecule has 0 atom stereocenters. The highest BCUT2D eigenvalue weighted by molar-refractivity contribution is 5.95. The minimum atomic E-state index is 0.288. The molecule has 0 bridgehead atoms. The molecule has 21 heavy (non-hydrogen) atoms. The molecule has 1 heterocycles. The number of benzene rings is 2. The van der Waals surface area contributed by atoms with Gasteiger partial charge in [0.1, 0.15) is 17.8 Å². The fourth-order valence-electron chi connectivity index (χ4n) is 2.57. The monoisotopic (exact) mass is 269 g/mol. The van der Waals surface area contributed by atoms with Crippen LogP contribution in [0.4, 0.5) is 0 Å². The Hall–Kier alpha value is -3.17. The topological polar surface area (TPSA) is 60.5 Å². The zero-order valence-corrected chi connectivity index (χ0v) is 11.5. The van der Waals surface area contributed by atoms with Gasteiger partial charge in [-0.25, -0.2) is 4.98 Å². The lowest BCUT2D eigenvalue weighted by molar-refractivity contribution is 1.30. The highest BCUT2D eigenvalue weighted by Gasteiger charge is 2.17. The first-order valence-corrected chi connectivity index (χ1v) is 6.55. The lowest BCUT2D eigenvalue weighted by Crippen LogP contribution is -1.97. The van der Waals surface area contributed by atoms with E-state index in [1.54, 1.807) is 0 Å². The van der Waals surface area contributed by atoms with Gasteiger partial charge in [-0.15, -0.1) is 0 Å². The van der Waals surface area contributed by atoms with Crippen LogP contribution in [0.5, 0.6) is 0 Å². The van der Waals surface area contributed by atoms with Gasteiger partial charge < -0.3 is 0 Å². The molecule has 0 fully saturated rings. The van der Waals surface area contributed by atoms with Gasteiger partial charge in [0, 0.05) is 10.9 Å². The molecule has 3 nitrogen and oxygen atoms in total. The molecule has 2 aromatic carbocycles. The Kier molecular flexibility index (Phi) is 3.10. The summed E-state index contributed by atoms with van der Waals surface area (Å²) in [5, 5.41) is 19.9. The molecule has 0 amide bonds. The SMILES string of the molecule is Cc1cccc2nc(C#N)c(-c3ccccc3)c(C#N)c12. The average Bonchev–Trinajstić information content (AvgIpc) is 2.54. The van der Waals surface area contributed by atoms with E-state index in [1.807, 2.05) is 55.5 Å². The van der Waals surface area contributed by atoms with Crippen LogP contribution in [0, 0.1) is 29.6 Å². The third kappa shape index (κ3) is 2.02. The number of nitrogens with zero attached hydrogens (tertiary/aromatic N) is 3. The van der Waals surface area contributed by atoms with Crippen molar-refractivity contribution < 1.29 is 0 Å². The molecule has 0 aliphatic heterocycles. The number of rotatable bonds is 1. The molecule has 0 unspecified atom stereocenters. The van der Waals surface area contributed by atoms with E-state index in [-0.39, 0.29) is 5.69 Å². The molecular formula is C18H11N3. The van der Waals surface area contributed by atoms with E-state index >= 15 is 0 Å². The molecule has 0 radical (unpaired) electrons. The zero-order valence-electron chi connectivity index (χ0n) is 11.5. The molecule has 0 aliphatic rings. The summed E-state index contributed by atoms with van der Waals surface area (Å²) in [6.07, 6.45) is 0.